The van der Waals surface area contributed by atoms with Gasteiger partial charge in [-0.15, -0.1) is 0 Å². The highest BCUT2D eigenvalue weighted by atomic mass is 19.1. The molecule has 0 saturated carbocycles. The van der Waals surface area contributed by atoms with Crippen LogP contribution in [0, 0.1) is 5.82 Å². The highest BCUT2D eigenvalue weighted by Crippen LogP contribution is 2.29. The van der Waals surface area contributed by atoms with Crippen LogP contribution in [-0.2, 0) is 19.9 Å². The number of rotatable bonds is 5. The van der Waals surface area contributed by atoms with Gasteiger partial charge < -0.3 is 14.8 Å². The second-order valence-electron chi connectivity index (χ2n) is 6.44. The number of urea groups is 1. The molecule has 1 heterocycles. The average Bonchev–Trinajstić information content (AvgIpc) is 2.92. The molecule has 1 unspecified atom stereocenters. The van der Waals surface area contributed by atoms with Crippen LogP contribution in [0.3, 0.4) is 0 Å². The highest BCUT2D eigenvalue weighted by molar-refractivity contribution is 6.08. The van der Waals surface area contributed by atoms with Crippen LogP contribution >= 0.6 is 0 Å². The van der Waals surface area contributed by atoms with E-state index in [9.17, 15) is 23.6 Å². The van der Waals surface area contributed by atoms with Gasteiger partial charge >= 0.3 is 18.0 Å². The van der Waals surface area contributed by atoms with Gasteiger partial charge in [0.15, 0.2) is 0 Å². The zero-order valence-electron chi connectivity index (χ0n) is 15.6. The summed E-state index contributed by atoms with van der Waals surface area (Å²) in [7, 11) is 1.24. The Balaban J connectivity index is 1.69. The van der Waals surface area contributed by atoms with Crippen molar-refractivity contribution in [3.63, 3.8) is 0 Å². The van der Waals surface area contributed by atoms with E-state index in [0.717, 1.165) is 4.90 Å². The average molecular weight is 400 g/mol. The van der Waals surface area contributed by atoms with Gasteiger partial charge in [-0.1, -0.05) is 12.1 Å². The Morgan fingerprint density at radius 2 is 1.69 bits per heavy atom. The Kier molecular flexibility index (Phi) is 5.31. The zero-order valence-corrected chi connectivity index (χ0v) is 15.6. The number of imide groups is 1. The fraction of sp³-hybridized carbons (Fsp3) is 0.200. The van der Waals surface area contributed by atoms with Crippen LogP contribution in [0.5, 0.6) is 5.75 Å². The van der Waals surface area contributed by atoms with Crippen molar-refractivity contribution in [1.82, 2.24) is 10.2 Å². The molecular weight excluding hydrogens is 383 g/mol. The van der Waals surface area contributed by atoms with Gasteiger partial charge in [0.05, 0.1) is 12.7 Å². The second kappa shape index (κ2) is 7.70. The van der Waals surface area contributed by atoms with E-state index in [1.54, 1.807) is 0 Å². The van der Waals surface area contributed by atoms with Gasteiger partial charge in [-0.05, 0) is 48.9 Å². The van der Waals surface area contributed by atoms with Gasteiger partial charge in [-0.25, -0.2) is 18.8 Å². The minimum absolute atomic E-state index is 0.135. The van der Waals surface area contributed by atoms with Crippen molar-refractivity contribution < 1.29 is 33.0 Å². The number of hydrogen-bond acceptors (Lipinski definition) is 6. The molecule has 2 aromatic carbocycles. The number of nitrogens with zero attached hydrogens (tertiary/aromatic N) is 1. The lowest BCUT2D eigenvalue weighted by molar-refractivity contribution is -0.140. The third-order valence-electron chi connectivity index (χ3n) is 4.49. The molecule has 8 nitrogen and oxygen atoms in total. The third kappa shape index (κ3) is 3.93. The van der Waals surface area contributed by atoms with Gasteiger partial charge in [0, 0.05) is 0 Å². The number of carbonyl (C=O) groups is 4. The summed E-state index contributed by atoms with van der Waals surface area (Å²) < 4.78 is 22.8. The van der Waals surface area contributed by atoms with E-state index in [1.807, 2.05) is 0 Å². The van der Waals surface area contributed by atoms with E-state index in [1.165, 1.54) is 62.6 Å². The van der Waals surface area contributed by atoms with Crippen LogP contribution in [0.4, 0.5) is 9.18 Å². The maximum Gasteiger partial charge on any atom is 0.337 e. The molecular formula is C20H17FN2O6. The number of methoxy groups -OCH3 is 1. The predicted molar refractivity (Wildman–Crippen MR) is 97.4 cm³/mol. The van der Waals surface area contributed by atoms with E-state index in [2.05, 4.69) is 10.1 Å². The van der Waals surface area contributed by atoms with Crippen molar-refractivity contribution in [1.29, 1.82) is 0 Å². The first kappa shape index (κ1) is 20.0. The molecule has 29 heavy (non-hydrogen) atoms. The molecule has 1 atom stereocenters. The number of esters is 2. The van der Waals surface area contributed by atoms with Gasteiger partial charge in [0.25, 0.3) is 5.91 Å². The molecule has 0 aromatic heterocycles. The Hall–Kier alpha value is -3.75. The first-order valence-electron chi connectivity index (χ1n) is 8.54. The molecule has 150 valence electrons. The minimum Gasteiger partial charge on any atom is -0.465 e. The monoisotopic (exact) mass is 400 g/mol. The summed E-state index contributed by atoms with van der Waals surface area (Å²) in [5.74, 6) is -2.39. The lowest BCUT2D eigenvalue weighted by Gasteiger charge is -2.22. The first-order chi connectivity index (χ1) is 13.7. The van der Waals surface area contributed by atoms with Crippen molar-refractivity contribution in [3.05, 3.63) is 65.5 Å². The van der Waals surface area contributed by atoms with Gasteiger partial charge in [-0.3, -0.25) is 9.69 Å². The minimum atomic E-state index is -1.42. The Bertz CT molecular complexity index is 973. The van der Waals surface area contributed by atoms with E-state index < -0.39 is 41.8 Å². The zero-order chi connectivity index (χ0) is 21.2. The highest BCUT2D eigenvalue weighted by Gasteiger charge is 2.49. The number of amides is 3. The molecule has 1 aliphatic heterocycles. The lowest BCUT2D eigenvalue weighted by Crippen LogP contribution is -2.42. The fourth-order valence-electron chi connectivity index (χ4n) is 2.89. The van der Waals surface area contributed by atoms with Gasteiger partial charge in [0.1, 0.15) is 23.7 Å². The van der Waals surface area contributed by atoms with Crippen molar-refractivity contribution in [2.45, 2.75) is 12.5 Å². The molecule has 0 radical (unpaired) electrons. The number of benzene rings is 2. The Morgan fingerprint density at radius 3 is 2.28 bits per heavy atom. The van der Waals surface area contributed by atoms with Crippen molar-refractivity contribution in [3.8, 4) is 5.75 Å². The molecule has 1 N–H and O–H groups in total. The van der Waals surface area contributed by atoms with Crippen LogP contribution < -0.4 is 10.1 Å². The smallest absolute Gasteiger partial charge is 0.337 e. The number of ether oxygens (including phenoxy) is 2. The van der Waals surface area contributed by atoms with Crippen LogP contribution in [0.15, 0.2) is 48.5 Å². The molecule has 3 amide bonds. The summed E-state index contributed by atoms with van der Waals surface area (Å²) in [5, 5.41) is 2.52. The summed E-state index contributed by atoms with van der Waals surface area (Å²) in [6, 6.07) is 9.96. The lowest BCUT2D eigenvalue weighted by atomic mass is 9.92. The third-order valence-corrected chi connectivity index (χ3v) is 4.49. The normalized spacial score (nSPS) is 18.4. The van der Waals surface area contributed by atoms with E-state index in [-0.39, 0.29) is 11.3 Å². The van der Waals surface area contributed by atoms with Crippen LogP contribution in [-0.4, -0.2) is 42.4 Å². The van der Waals surface area contributed by atoms with Gasteiger partial charge in [0.2, 0.25) is 0 Å². The number of carbonyl (C=O) groups excluding carboxylic acids is 4. The van der Waals surface area contributed by atoms with E-state index in [0.29, 0.717) is 5.56 Å². The first-order valence-corrected chi connectivity index (χ1v) is 8.54. The Labute approximate surface area is 165 Å². The molecule has 9 heteroatoms. The molecule has 1 saturated heterocycles. The summed E-state index contributed by atoms with van der Waals surface area (Å²) in [6.07, 6.45) is 0. The summed E-state index contributed by atoms with van der Waals surface area (Å²) >= 11 is 0. The van der Waals surface area contributed by atoms with E-state index >= 15 is 0 Å². The molecule has 3 rings (SSSR count). The molecule has 0 spiro atoms. The quantitative estimate of drug-likeness (QED) is 0.468. The van der Waals surface area contributed by atoms with E-state index in [4.69, 9.17) is 4.74 Å². The standard InChI is InChI=1S/C20H17FN2O6/c1-20(13-5-7-14(21)8-6-13)18(26)23(19(27)22-20)11-16(24)29-15-9-3-12(4-10-15)17(25)28-2/h3-10H,11H2,1-2H3,(H,22,27). The van der Waals surface area contributed by atoms with Crippen molar-refractivity contribution in [2.75, 3.05) is 13.7 Å². The van der Waals surface area contributed by atoms with Crippen molar-refractivity contribution >= 4 is 23.9 Å². The number of halogens is 1. The van der Waals surface area contributed by atoms with Crippen LogP contribution in [0.1, 0.15) is 22.8 Å². The Morgan fingerprint density at radius 1 is 1.07 bits per heavy atom. The maximum atomic E-state index is 13.1. The summed E-state index contributed by atoms with van der Waals surface area (Å²) in [6.45, 7) is 0.859. The topological polar surface area (TPSA) is 102 Å². The maximum absolute atomic E-state index is 13.1. The summed E-state index contributed by atoms with van der Waals surface area (Å²) in [5.41, 5.74) is -0.768. The predicted octanol–water partition coefficient (Wildman–Crippen LogP) is 1.98. The van der Waals surface area contributed by atoms with Crippen LogP contribution in [0.2, 0.25) is 0 Å². The second-order valence-corrected chi connectivity index (χ2v) is 6.44. The van der Waals surface area contributed by atoms with Crippen molar-refractivity contribution in [2.24, 2.45) is 0 Å². The summed E-state index contributed by atoms with van der Waals surface area (Å²) in [4.78, 5) is 49.3. The SMILES string of the molecule is COC(=O)c1ccc(OC(=O)CN2C(=O)NC(C)(c3ccc(F)cc3)C2=O)cc1. The molecule has 1 fully saturated rings. The molecule has 0 aliphatic carbocycles. The van der Waals surface area contributed by atoms with Crippen LogP contribution in [0.25, 0.3) is 0 Å². The largest absolute Gasteiger partial charge is 0.465 e. The van der Waals surface area contributed by atoms with Gasteiger partial charge in [-0.2, -0.15) is 0 Å². The molecule has 0 bridgehead atoms. The number of nitrogens with one attached hydrogen (secondary N) is 1. The molecule has 1 aliphatic rings. The molecule has 2 aromatic rings. The number of hydrogen-bond donors (Lipinski definition) is 1. The fourth-order valence-corrected chi connectivity index (χ4v) is 2.89.